The zero-order valence-corrected chi connectivity index (χ0v) is 14.3. The van der Waals surface area contributed by atoms with Gasteiger partial charge >= 0.3 is 0 Å². The molecule has 7 heteroatoms. The Bertz CT molecular complexity index is 881. The van der Waals surface area contributed by atoms with Crippen LogP contribution in [0.5, 0.6) is 5.75 Å². The van der Waals surface area contributed by atoms with E-state index in [0.29, 0.717) is 11.4 Å². The number of anilines is 1. The summed E-state index contributed by atoms with van der Waals surface area (Å²) in [5.41, 5.74) is 0.416. The van der Waals surface area contributed by atoms with E-state index in [0.717, 1.165) is 0 Å². The van der Waals surface area contributed by atoms with Crippen LogP contribution in [-0.4, -0.2) is 33.5 Å². The molecule has 0 saturated carbocycles. The zero-order valence-electron chi connectivity index (χ0n) is 13.5. The fraction of sp³-hybridized carbons (Fsp3) is 0.167. The Morgan fingerprint density at radius 3 is 2.60 bits per heavy atom. The molecule has 1 unspecified atom stereocenters. The number of benzene rings is 2. The van der Waals surface area contributed by atoms with E-state index in [1.54, 1.807) is 48.5 Å². The van der Waals surface area contributed by atoms with Crippen molar-refractivity contribution in [3.8, 4) is 5.75 Å². The molecular weight excluding hydrogens is 340 g/mol. The molecule has 130 valence electrons. The third kappa shape index (κ3) is 3.36. The first kappa shape index (κ1) is 17.0. The average molecular weight is 358 g/mol. The molecule has 0 spiro atoms. The van der Waals surface area contributed by atoms with Crippen molar-refractivity contribution in [1.29, 1.82) is 0 Å². The molecule has 0 aliphatic carbocycles. The summed E-state index contributed by atoms with van der Waals surface area (Å²) >= 11 is 0. The number of carbonyl (C=O) groups excluding carboxylic acids is 1. The van der Waals surface area contributed by atoms with Crippen LogP contribution >= 0.6 is 0 Å². The van der Waals surface area contributed by atoms with Gasteiger partial charge in [0.2, 0.25) is 0 Å². The Balaban J connectivity index is 2.00. The summed E-state index contributed by atoms with van der Waals surface area (Å²) in [4.78, 5) is 12.4. The Morgan fingerprint density at radius 2 is 1.88 bits per heavy atom. The van der Waals surface area contributed by atoms with E-state index >= 15 is 0 Å². The Labute approximate surface area is 146 Å². The molecule has 0 aromatic heterocycles. The summed E-state index contributed by atoms with van der Waals surface area (Å²) in [5.74, 6) is -0.0327. The zero-order chi connectivity index (χ0) is 17.9. The standard InChI is InChI=1S/C18H18N2O4S/c1-2-12-19-18(21)17-13-20(15-10-6-7-11-16(15)24-17)25(22,23)14-8-4-3-5-9-14/h2-11,17H,1,12-13H2,(H,19,21). The normalized spacial score (nSPS) is 16.5. The van der Waals surface area contributed by atoms with Crippen molar-refractivity contribution in [2.75, 3.05) is 17.4 Å². The van der Waals surface area contributed by atoms with E-state index in [2.05, 4.69) is 11.9 Å². The number of para-hydroxylation sites is 2. The Hall–Kier alpha value is -2.80. The molecule has 1 aliphatic rings. The molecule has 1 N–H and O–H groups in total. The summed E-state index contributed by atoms with van der Waals surface area (Å²) < 4.78 is 33.0. The van der Waals surface area contributed by atoms with Crippen molar-refractivity contribution in [2.45, 2.75) is 11.0 Å². The lowest BCUT2D eigenvalue weighted by Crippen LogP contribution is -2.50. The second-order valence-electron chi connectivity index (χ2n) is 5.46. The summed E-state index contributed by atoms with van der Waals surface area (Å²) in [5, 5.41) is 2.64. The molecule has 0 saturated heterocycles. The monoisotopic (exact) mass is 358 g/mol. The van der Waals surface area contributed by atoms with Crippen LogP contribution in [0.15, 0.2) is 72.1 Å². The number of fused-ring (bicyclic) bond motifs is 1. The molecular formula is C18H18N2O4S. The molecule has 2 aromatic rings. The van der Waals surface area contributed by atoms with Crippen molar-refractivity contribution in [3.63, 3.8) is 0 Å². The summed E-state index contributed by atoms with van der Waals surface area (Å²) in [6.45, 7) is 3.73. The number of carbonyl (C=O) groups is 1. The molecule has 3 rings (SSSR count). The molecule has 25 heavy (non-hydrogen) atoms. The minimum atomic E-state index is -3.81. The quantitative estimate of drug-likeness (QED) is 0.829. The van der Waals surface area contributed by atoms with Gasteiger partial charge in [0, 0.05) is 6.54 Å². The maximum absolute atomic E-state index is 13.1. The van der Waals surface area contributed by atoms with E-state index in [1.807, 2.05) is 0 Å². The van der Waals surface area contributed by atoms with Crippen LogP contribution in [0, 0.1) is 0 Å². The Kier molecular flexibility index (Phi) is 4.76. The lowest BCUT2D eigenvalue weighted by molar-refractivity contribution is -0.127. The summed E-state index contributed by atoms with van der Waals surface area (Å²) in [7, 11) is -3.81. The van der Waals surface area contributed by atoms with E-state index in [4.69, 9.17) is 4.74 Å². The maximum atomic E-state index is 13.1. The first-order chi connectivity index (χ1) is 12.0. The maximum Gasteiger partial charge on any atom is 0.264 e. The van der Waals surface area contributed by atoms with Crippen LogP contribution in [0.2, 0.25) is 0 Å². The molecule has 2 aromatic carbocycles. The van der Waals surface area contributed by atoms with E-state index < -0.39 is 16.1 Å². The first-order valence-corrected chi connectivity index (χ1v) is 9.20. The Morgan fingerprint density at radius 1 is 1.20 bits per heavy atom. The van der Waals surface area contributed by atoms with E-state index in [1.165, 1.54) is 16.4 Å². The van der Waals surface area contributed by atoms with Gasteiger partial charge in [-0.2, -0.15) is 0 Å². The highest BCUT2D eigenvalue weighted by molar-refractivity contribution is 7.92. The topological polar surface area (TPSA) is 75.7 Å². The van der Waals surface area contributed by atoms with Gasteiger partial charge in [0.15, 0.2) is 6.10 Å². The van der Waals surface area contributed by atoms with Crippen LogP contribution in [0.3, 0.4) is 0 Å². The molecule has 6 nitrogen and oxygen atoms in total. The average Bonchev–Trinajstić information content (AvgIpc) is 2.65. The number of sulfonamides is 1. The molecule has 1 atom stereocenters. The summed E-state index contributed by atoms with van der Waals surface area (Å²) in [6, 6.07) is 14.9. The third-order valence-corrected chi connectivity index (χ3v) is 5.57. The number of hydrogen-bond acceptors (Lipinski definition) is 4. The minimum absolute atomic E-state index is 0.1000. The predicted octanol–water partition coefficient (Wildman–Crippen LogP) is 1.95. The lowest BCUT2D eigenvalue weighted by atomic mass is 10.2. The third-order valence-electron chi connectivity index (χ3n) is 3.78. The van der Waals surface area contributed by atoms with Gasteiger partial charge in [0.05, 0.1) is 17.1 Å². The first-order valence-electron chi connectivity index (χ1n) is 7.76. The fourth-order valence-electron chi connectivity index (χ4n) is 2.57. The summed E-state index contributed by atoms with van der Waals surface area (Å²) in [6.07, 6.45) is 0.612. The van der Waals surface area contributed by atoms with Crippen molar-refractivity contribution in [1.82, 2.24) is 5.32 Å². The smallest absolute Gasteiger partial charge is 0.264 e. The highest BCUT2D eigenvalue weighted by Gasteiger charge is 2.37. The number of hydrogen-bond donors (Lipinski definition) is 1. The molecule has 1 amide bonds. The van der Waals surface area contributed by atoms with Gasteiger partial charge in [0.1, 0.15) is 5.75 Å². The van der Waals surface area contributed by atoms with Gasteiger partial charge in [-0.3, -0.25) is 9.10 Å². The van der Waals surface area contributed by atoms with Crippen molar-refractivity contribution in [3.05, 3.63) is 67.3 Å². The van der Waals surface area contributed by atoms with Crippen LogP contribution < -0.4 is 14.4 Å². The highest BCUT2D eigenvalue weighted by Crippen LogP contribution is 2.36. The van der Waals surface area contributed by atoms with Crippen molar-refractivity contribution in [2.24, 2.45) is 0 Å². The largest absolute Gasteiger partial charge is 0.476 e. The molecule has 0 radical (unpaired) electrons. The molecule has 1 aliphatic heterocycles. The minimum Gasteiger partial charge on any atom is -0.476 e. The van der Waals surface area contributed by atoms with Crippen LogP contribution in [0.1, 0.15) is 0 Å². The predicted molar refractivity (Wildman–Crippen MR) is 95.0 cm³/mol. The number of rotatable bonds is 5. The number of nitrogens with zero attached hydrogens (tertiary/aromatic N) is 1. The molecule has 0 bridgehead atoms. The van der Waals surface area contributed by atoms with Crippen LogP contribution in [0.4, 0.5) is 5.69 Å². The SMILES string of the molecule is C=CCNC(=O)C1CN(S(=O)(=O)c2ccccc2)c2ccccc2O1. The second kappa shape index (κ2) is 6.98. The highest BCUT2D eigenvalue weighted by atomic mass is 32.2. The fourth-order valence-corrected chi connectivity index (χ4v) is 4.07. The van der Waals surface area contributed by atoms with Gasteiger partial charge < -0.3 is 10.1 Å². The number of nitrogens with one attached hydrogen (secondary N) is 1. The van der Waals surface area contributed by atoms with E-state index in [9.17, 15) is 13.2 Å². The van der Waals surface area contributed by atoms with Crippen LogP contribution in [-0.2, 0) is 14.8 Å². The molecule has 1 heterocycles. The van der Waals surface area contributed by atoms with Crippen LogP contribution in [0.25, 0.3) is 0 Å². The van der Waals surface area contributed by atoms with Crippen molar-refractivity contribution >= 4 is 21.6 Å². The van der Waals surface area contributed by atoms with Gasteiger partial charge in [-0.05, 0) is 24.3 Å². The van der Waals surface area contributed by atoms with Crippen molar-refractivity contribution < 1.29 is 17.9 Å². The molecule has 0 fully saturated rings. The van der Waals surface area contributed by atoms with E-state index in [-0.39, 0.29) is 23.9 Å². The number of amides is 1. The van der Waals surface area contributed by atoms with Gasteiger partial charge in [-0.15, -0.1) is 6.58 Å². The second-order valence-corrected chi connectivity index (χ2v) is 7.32. The lowest BCUT2D eigenvalue weighted by Gasteiger charge is -2.34. The van der Waals surface area contributed by atoms with Gasteiger partial charge in [-0.25, -0.2) is 8.42 Å². The van der Waals surface area contributed by atoms with Gasteiger partial charge in [0.25, 0.3) is 15.9 Å². The van der Waals surface area contributed by atoms with Gasteiger partial charge in [-0.1, -0.05) is 36.4 Å². The number of ether oxygens (including phenoxy) is 1.